The SMILES string of the molecule is O=C(CCN1C(=O)NC2(CCCCC2)C1=O)Nc1sccc1C(=O)NC1CC1. The van der Waals surface area contributed by atoms with Gasteiger partial charge in [0, 0.05) is 19.0 Å². The van der Waals surface area contributed by atoms with Crippen LogP contribution in [0.2, 0.25) is 0 Å². The Morgan fingerprint density at radius 3 is 2.68 bits per heavy atom. The minimum Gasteiger partial charge on any atom is -0.349 e. The van der Waals surface area contributed by atoms with E-state index >= 15 is 0 Å². The highest BCUT2D eigenvalue weighted by molar-refractivity contribution is 7.14. The number of amides is 5. The molecule has 3 aliphatic rings. The van der Waals surface area contributed by atoms with E-state index in [4.69, 9.17) is 0 Å². The molecular formula is C19H24N4O4S. The van der Waals surface area contributed by atoms with Gasteiger partial charge in [-0.25, -0.2) is 4.79 Å². The van der Waals surface area contributed by atoms with Gasteiger partial charge in [-0.15, -0.1) is 11.3 Å². The Bertz CT molecular complexity index is 811. The number of anilines is 1. The van der Waals surface area contributed by atoms with Crippen molar-refractivity contribution in [2.24, 2.45) is 0 Å². The molecule has 28 heavy (non-hydrogen) atoms. The first kappa shape index (κ1) is 18.9. The number of imide groups is 1. The molecule has 3 fully saturated rings. The van der Waals surface area contributed by atoms with Gasteiger partial charge in [0.05, 0.1) is 5.56 Å². The fourth-order valence-electron chi connectivity index (χ4n) is 3.85. The second-order valence-corrected chi connectivity index (χ2v) is 8.66. The van der Waals surface area contributed by atoms with Gasteiger partial charge in [0.25, 0.3) is 11.8 Å². The van der Waals surface area contributed by atoms with Crippen molar-refractivity contribution in [3.8, 4) is 0 Å². The number of thiophene rings is 1. The minimum absolute atomic E-state index is 0.00315. The van der Waals surface area contributed by atoms with Crippen molar-refractivity contribution in [2.45, 2.75) is 62.9 Å². The van der Waals surface area contributed by atoms with Crippen molar-refractivity contribution in [1.82, 2.24) is 15.5 Å². The number of rotatable bonds is 6. The summed E-state index contributed by atoms with van der Waals surface area (Å²) in [6, 6.07) is 1.51. The van der Waals surface area contributed by atoms with Crippen LogP contribution in [0.1, 0.15) is 61.7 Å². The predicted molar refractivity (Wildman–Crippen MR) is 104 cm³/mol. The number of carbonyl (C=O) groups excluding carboxylic acids is 4. The quantitative estimate of drug-likeness (QED) is 0.632. The van der Waals surface area contributed by atoms with Gasteiger partial charge in [-0.1, -0.05) is 19.3 Å². The number of carbonyl (C=O) groups is 4. The molecule has 0 bridgehead atoms. The molecule has 1 saturated heterocycles. The third-order valence-corrected chi connectivity index (χ3v) is 6.42. The molecule has 8 nitrogen and oxygen atoms in total. The van der Waals surface area contributed by atoms with Gasteiger partial charge >= 0.3 is 6.03 Å². The maximum atomic E-state index is 12.7. The van der Waals surface area contributed by atoms with Crippen molar-refractivity contribution in [2.75, 3.05) is 11.9 Å². The molecule has 2 heterocycles. The maximum absolute atomic E-state index is 12.7. The Morgan fingerprint density at radius 2 is 1.96 bits per heavy atom. The van der Waals surface area contributed by atoms with Crippen LogP contribution < -0.4 is 16.0 Å². The molecule has 150 valence electrons. The molecule has 0 atom stereocenters. The Balaban J connectivity index is 1.32. The Labute approximate surface area is 167 Å². The highest BCUT2D eigenvalue weighted by Gasteiger charge is 2.51. The molecule has 5 amide bonds. The van der Waals surface area contributed by atoms with Gasteiger partial charge in [-0.05, 0) is 37.1 Å². The van der Waals surface area contributed by atoms with E-state index in [0.717, 1.165) is 37.0 Å². The molecule has 9 heteroatoms. The summed E-state index contributed by atoms with van der Waals surface area (Å²) in [4.78, 5) is 50.7. The zero-order chi connectivity index (χ0) is 19.7. The molecule has 1 aliphatic heterocycles. The Kier molecular flexibility index (Phi) is 5.09. The van der Waals surface area contributed by atoms with E-state index in [9.17, 15) is 19.2 Å². The third-order valence-electron chi connectivity index (χ3n) is 5.59. The molecule has 1 spiro atoms. The van der Waals surface area contributed by atoms with Crippen LogP contribution in [0.5, 0.6) is 0 Å². The van der Waals surface area contributed by atoms with Gasteiger partial charge in [-0.2, -0.15) is 0 Å². The van der Waals surface area contributed by atoms with Crippen molar-refractivity contribution in [3.63, 3.8) is 0 Å². The lowest BCUT2D eigenvalue weighted by Crippen LogP contribution is -2.48. The lowest BCUT2D eigenvalue weighted by molar-refractivity contribution is -0.132. The van der Waals surface area contributed by atoms with Gasteiger partial charge in [-0.3, -0.25) is 19.3 Å². The molecular weight excluding hydrogens is 380 g/mol. The second kappa shape index (κ2) is 7.54. The van der Waals surface area contributed by atoms with E-state index in [2.05, 4.69) is 16.0 Å². The zero-order valence-corrected chi connectivity index (χ0v) is 16.4. The number of hydrogen-bond donors (Lipinski definition) is 3. The predicted octanol–water partition coefficient (Wildman–Crippen LogP) is 2.22. The lowest BCUT2D eigenvalue weighted by Gasteiger charge is -2.30. The Morgan fingerprint density at radius 1 is 1.21 bits per heavy atom. The van der Waals surface area contributed by atoms with Crippen LogP contribution in [-0.2, 0) is 9.59 Å². The number of nitrogens with zero attached hydrogens (tertiary/aromatic N) is 1. The number of hydrogen-bond acceptors (Lipinski definition) is 5. The van der Waals surface area contributed by atoms with Gasteiger partial charge in [0.2, 0.25) is 5.91 Å². The average molecular weight is 404 g/mol. The summed E-state index contributed by atoms with van der Waals surface area (Å²) in [5.41, 5.74) is -0.324. The van der Waals surface area contributed by atoms with E-state index in [1.807, 2.05) is 0 Å². The summed E-state index contributed by atoms with van der Waals surface area (Å²) >= 11 is 1.28. The monoisotopic (exact) mass is 404 g/mol. The van der Waals surface area contributed by atoms with E-state index in [1.54, 1.807) is 11.4 Å². The van der Waals surface area contributed by atoms with E-state index in [1.165, 1.54) is 11.3 Å². The molecule has 0 unspecified atom stereocenters. The summed E-state index contributed by atoms with van der Waals surface area (Å²) in [5.74, 6) is -0.730. The standard InChI is InChI=1S/C19H24N4O4S/c24-14(21-16-13(7-11-28-16)15(25)20-12-4-5-12)6-10-23-17(26)19(22-18(23)27)8-2-1-3-9-19/h7,11-12H,1-6,8-10H2,(H,20,25)(H,21,24)(H,22,27). The first-order chi connectivity index (χ1) is 13.5. The van der Waals surface area contributed by atoms with Gasteiger partial charge in [0.1, 0.15) is 10.5 Å². The largest absolute Gasteiger partial charge is 0.349 e. The Hall–Kier alpha value is -2.42. The molecule has 4 rings (SSSR count). The smallest absolute Gasteiger partial charge is 0.325 e. The van der Waals surface area contributed by atoms with Crippen LogP contribution in [0.15, 0.2) is 11.4 Å². The first-order valence-corrected chi connectivity index (χ1v) is 10.7. The van der Waals surface area contributed by atoms with Crippen molar-refractivity contribution < 1.29 is 19.2 Å². The van der Waals surface area contributed by atoms with Crippen molar-refractivity contribution >= 4 is 40.1 Å². The van der Waals surface area contributed by atoms with Crippen LogP contribution in [0, 0.1) is 0 Å². The summed E-state index contributed by atoms with van der Waals surface area (Å²) < 4.78 is 0. The topological polar surface area (TPSA) is 108 Å². The van der Waals surface area contributed by atoms with E-state index in [-0.39, 0.29) is 36.7 Å². The molecule has 2 aliphatic carbocycles. The average Bonchev–Trinajstić information content (AvgIpc) is 3.31. The molecule has 1 aromatic rings. The summed E-state index contributed by atoms with van der Waals surface area (Å²) in [7, 11) is 0. The second-order valence-electron chi connectivity index (χ2n) is 7.74. The van der Waals surface area contributed by atoms with Crippen LogP contribution in [0.25, 0.3) is 0 Å². The highest BCUT2D eigenvalue weighted by Crippen LogP contribution is 2.33. The normalized spacial score (nSPS) is 20.9. The fourth-order valence-corrected chi connectivity index (χ4v) is 4.65. The molecule has 0 radical (unpaired) electrons. The highest BCUT2D eigenvalue weighted by atomic mass is 32.1. The van der Waals surface area contributed by atoms with Gasteiger partial charge in [0.15, 0.2) is 0 Å². The van der Waals surface area contributed by atoms with Crippen LogP contribution in [0.3, 0.4) is 0 Å². The molecule has 3 N–H and O–H groups in total. The lowest BCUT2D eigenvalue weighted by atomic mass is 9.82. The van der Waals surface area contributed by atoms with Crippen LogP contribution in [-0.4, -0.2) is 46.8 Å². The fraction of sp³-hybridized carbons (Fsp3) is 0.579. The molecule has 2 saturated carbocycles. The van der Waals surface area contributed by atoms with Crippen LogP contribution in [0.4, 0.5) is 9.80 Å². The summed E-state index contributed by atoms with van der Waals surface area (Å²) in [6.07, 6.45) is 6.22. The van der Waals surface area contributed by atoms with Crippen molar-refractivity contribution in [1.29, 1.82) is 0 Å². The minimum atomic E-state index is -0.770. The summed E-state index contributed by atoms with van der Waals surface area (Å²) in [5, 5.41) is 10.7. The first-order valence-electron chi connectivity index (χ1n) is 9.81. The van der Waals surface area contributed by atoms with E-state index in [0.29, 0.717) is 23.4 Å². The van der Waals surface area contributed by atoms with Crippen LogP contribution >= 0.6 is 11.3 Å². The van der Waals surface area contributed by atoms with Gasteiger partial charge < -0.3 is 16.0 Å². The van der Waals surface area contributed by atoms with E-state index < -0.39 is 11.6 Å². The number of nitrogens with one attached hydrogen (secondary N) is 3. The van der Waals surface area contributed by atoms with Crippen molar-refractivity contribution in [3.05, 3.63) is 17.0 Å². The molecule has 0 aromatic carbocycles. The molecule has 1 aromatic heterocycles. The summed E-state index contributed by atoms with van der Waals surface area (Å²) in [6.45, 7) is 0.0349. The number of urea groups is 1. The maximum Gasteiger partial charge on any atom is 0.325 e. The zero-order valence-electron chi connectivity index (χ0n) is 15.6. The third kappa shape index (κ3) is 3.76.